The summed E-state index contributed by atoms with van der Waals surface area (Å²) in [6, 6.07) is 8.00. The number of benzene rings is 1. The molecule has 0 fully saturated rings. The van der Waals surface area contributed by atoms with Crippen molar-refractivity contribution in [3.63, 3.8) is 0 Å². The second kappa shape index (κ2) is 5.45. The highest BCUT2D eigenvalue weighted by Gasteiger charge is 2.13. The van der Waals surface area contributed by atoms with Gasteiger partial charge in [0.15, 0.2) is 5.85 Å². The molecular weight excluding hydrogens is 219 g/mol. The van der Waals surface area contributed by atoms with Gasteiger partial charge in [-0.25, -0.2) is 0 Å². The van der Waals surface area contributed by atoms with Crippen molar-refractivity contribution in [1.29, 1.82) is 0 Å². The maximum atomic E-state index is 10.7. The minimum Gasteiger partial charge on any atom is -0.478 e. The lowest BCUT2D eigenvalue weighted by Crippen LogP contribution is -2.11. The third-order valence-electron chi connectivity index (χ3n) is 2.46. The minimum absolute atomic E-state index is 0.0454. The van der Waals surface area contributed by atoms with Crippen LogP contribution in [0.2, 0.25) is 0 Å². The first kappa shape index (κ1) is 13.2. The van der Waals surface area contributed by atoms with Crippen LogP contribution in [-0.4, -0.2) is 5.85 Å². The van der Waals surface area contributed by atoms with Crippen LogP contribution in [0.4, 0.5) is 0 Å². The van der Waals surface area contributed by atoms with E-state index in [9.17, 15) is 4.57 Å². The zero-order chi connectivity index (χ0) is 12.2. The van der Waals surface area contributed by atoms with E-state index in [1.807, 2.05) is 19.1 Å². The topological polar surface area (TPSA) is 26.3 Å². The number of hydrogen-bond donors (Lipinski definition) is 0. The van der Waals surface area contributed by atoms with Gasteiger partial charge in [0.05, 0.1) is 0 Å². The molecule has 0 bridgehead atoms. The summed E-state index contributed by atoms with van der Waals surface area (Å²) >= 11 is 0. The lowest BCUT2D eigenvalue weighted by atomic mass is 9.87. The summed E-state index contributed by atoms with van der Waals surface area (Å²) in [5, 5.41) is 0. The molecule has 0 N–H and O–H groups in total. The monoisotopic (exact) mass is 238 g/mol. The van der Waals surface area contributed by atoms with E-state index in [0.29, 0.717) is 0 Å². The molecule has 0 aliphatic rings. The minimum atomic E-state index is -0.236. The van der Waals surface area contributed by atoms with Gasteiger partial charge in [0.25, 0.3) is 0 Å². The van der Waals surface area contributed by atoms with E-state index in [1.54, 1.807) is 0 Å². The molecular formula is C13H19O2P. The third-order valence-corrected chi connectivity index (χ3v) is 3.16. The largest absolute Gasteiger partial charge is 0.478 e. The average molecular weight is 238 g/mol. The van der Waals surface area contributed by atoms with Crippen LogP contribution in [0.1, 0.15) is 39.7 Å². The first-order valence-corrected chi connectivity index (χ1v) is 6.45. The molecule has 0 heterocycles. The highest BCUT2D eigenvalue weighted by atomic mass is 31.1. The molecule has 88 valence electrons. The normalized spacial score (nSPS) is 13.8. The van der Waals surface area contributed by atoms with Crippen molar-refractivity contribution in [2.75, 3.05) is 0 Å². The fourth-order valence-electron chi connectivity index (χ4n) is 1.37. The molecule has 0 aliphatic carbocycles. The van der Waals surface area contributed by atoms with Crippen LogP contribution in [0.25, 0.3) is 0 Å². The summed E-state index contributed by atoms with van der Waals surface area (Å²) in [5.74, 6) is 0.545. The lowest BCUT2D eigenvalue weighted by molar-refractivity contribution is 0.276. The van der Waals surface area contributed by atoms with Crippen molar-refractivity contribution >= 4 is 8.46 Å². The molecule has 0 saturated carbocycles. The Morgan fingerprint density at radius 1 is 1.25 bits per heavy atom. The lowest BCUT2D eigenvalue weighted by Gasteiger charge is -2.19. The van der Waals surface area contributed by atoms with Gasteiger partial charge in [-0.05, 0) is 29.5 Å². The van der Waals surface area contributed by atoms with Gasteiger partial charge in [0, 0.05) is 0 Å². The Kier molecular flexibility index (Phi) is 4.49. The molecule has 1 atom stereocenters. The van der Waals surface area contributed by atoms with Crippen molar-refractivity contribution in [2.24, 2.45) is 0 Å². The molecule has 0 spiro atoms. The molecule has 1 unspecified atom stereocenters. The zero-order valence-electron chi connectivity index (χ0n) is 10.4. The van der Waals surface area contributed by atoms with Crippen molar-refractivity contribution in [1.82, 2.24) is 0 Å². The molecule has 16 heavy (non-hydrogen) atoms. The smallest absolute Gasteiger partial charge is 0.200 e. The molecule has 1 rings (SSSR count). The Balaban J connectivity index is 2.75. The molecule has 0 aromatic heterocycles. The van der Waals surface area contributed by atoms with Crippen LogP contribution in [0, 0.1) is 0 Å². The van der Waals surface area contributed by atoms with E-state index in [-0.39, 0.29) is 19.7 Å². The van der Waals surface area contributed by atoms with E-state index in [4.69, 9.17) is 4.74 Å². The van der Waals surface area contributed by atoms with Crippen LogP contribution in [0.15, 0.2) is 24.3 Å². The van der Waals surface area contributed by atoms with Crippen LogP contribution >= 0.6 is 8.46 Å². The van der Waals surface area contributed by atoms with Gasteiger partial charge in [-0.2, -0.15) is 0 Å². The molecule has 1 aromatic rings. The van der Waals surface area contributed by atoms with Gasteiger partial charge < -0.3 is 4.74 Å². The summed E-state index contributed by atoms with van der Waals surface area (Å²) in [6.45, 7) is 8.48. The first-order chi connectivity index (χ1) is 7.47. The summed E-state index contributed by atoms with van der Waals surface area (Å²) in [7, 11) is 0.0454. The maximum Gasteiger partial charge on any atom is 0.200 e. The van der Waals surface area contributed by atoms with Crippen molar-refractivity contribution < 1.29 is 9.30 Å². The Bertz CT molecular complexity index is 338. The highest BCUT2D eigenvalue weighted by molar-refractivity contribution is 7.24. The van der Waals surface area contributed by atoms with Gasteiger partial charge >= 0.3 is 0 Å². The van der Waals surface area contributed by atoms with Gasteiger partial charge in [0.1, 0.15) is 5.75 Å². The molecule has 0 saturated heterocycles. The number of ether oxygens (including phenoxy) is 1. The molecule has 0 radical (unpaired) electrons. The van der Waals surface area contributed by atoms with Crippen LogP contribution in [0.3, 0.4) is 0 Å². The van der Waals surface area contributed by atoms with E-state index in [0.717, 1.165) is 12.2 Å². The fraction of sp³-hybridized carbons (Fsp3) is 0.538. The summed E-state index contributed by atoms with van der Waals surface area (Å²) in [5.41, 5.74) is 1.42. The fourth-order valence-corrected chi connectivity index (χ4v) is 1.68. The Morgan fingerprint density at radius 3 is 2.19 bits per heavy atom. The Morgan fingerprint density at radius 2 is 1.81 bits per heavy atom. The summed E-state index contributed by atoms with van der Waals surface area (Å²) in [6.07, 6.45) is 0.742. The standard InChI is InChI=1S/C13H19O2P/c1-5-12(16-14)15-11-8-6-10(7-9-11)13(2,3)4/h6-9,12H,5H2,1-4H3. The predicted octanol–water partition coefficient (Wildman–Crippen LogP) is 4.39. The summed E-state index contributed by atoms with van der Waals surface area (Å²) in [4.78, 5) is 0. The third kappa shape index (κ3) is 3.61. The average Bonchev–Trinajstić information content (AvgIpc) is 2.25. The van der Waals surface area contributed by atoms with Crippen LogP contribution in [-0.2, 0) is 9.98 Å². The van der Waals surface area contributed by atoms with Gasteiger partial charge in [0.2, 0.25) is 8.46 Å². The summed E-state index contributed by atoms with van der Waals surface area (Å²) < 4.78 is 16.3. The highest BCUT2D eigenvalue weighted by Crippen LogP contribution is 2.25. The SMILES string of the molecule is CCC(Oc1ccc(C(C)(C)C)cc1)P=O. The molecule has 3 heteroatoms. The first-order valence-electron chi connectivity index (χ1n) is 5.57. The Hall–Kier alpha value is -0.880. The molecule has 0 aliphatic heterocycles. The second-order valence-corrected chi connectivity index (χ2v) is 5.65. The van der Waals surface area contributed by atoms with Gasteiger partial charge in [-0.3, -0.25) is 4.57 Å². The van der Waals surface area contributed by atoms with Crippen LogP contribution in [0.5, 0.6) is 5.75 Å². The Labute approximate surface area is 99.2 Å². The van der Waals surface area contributed by atoms with E-state index < -0.39 is 0 Å². The van der Waals surface area contributed by atoms with Crippen molar-refractivity contribution in [3.05, 3.63) is 29.8 Å². The van der Waals surface area contributed by atoms with Crippen molar-refractivity contribution in [3.8, 4) is 5.75 Å². The van der Waals surface area contributed by atoms with Gasteiger partial charge in [-0.15, -0.1) is 0 Å². The molecule has 1 aromatic carbocycles. The predicted molar refractivity (Wildman–Crippen MR) is 67.5 cm³/mol. The molecule has 0 amide bonds. The van der Waals surface area contributed by atoms with E-state index in [2.05, 4.69) is 32.9 Å². The second-order valence-electron chi connectivity index (χ2n) is 4.86. The molecule has 2 nitrogen and oxygen atoms in total. The van der Waals surface area contributed by atoms with E-state index in [1.165, 1.54) is 5.56 Å². The maximum absolute atomic E-state index is 10.7. The van der Waals surface area contributed by atoms with E-state index >= 15 is 0 Å². The quantitative estimate of drug-likeness (QED) is 0.727. The van der Waals surface area contributed by atoms with Gasteiger partial charge in [-0.1, -0.05) is 39.8 Å². The van der Waals surface area contributed by atoms with Crippen molar-refractivity contribution in [2.45, 2.75) is 45.4 Å². The number of hydrogen-bond acceptors (Lipinski definition) is 2. The zero-order valence-corrected chi connectivity index (χ0v) is 11.3. The van der Waals surface area contributed by atoms with Crippen LogP contribution < -0.4 is 4.74 Å². The number of rotatable bonds is 4.